The molecule has 1 atom stereocenters. The van der Waals surface area contributed by atoms with E-state index in [0.29, 0.717) is 17.1 Å². The molecule has 0 heterocycles. The molecule has 1 unspecified atom stereocenters. The summed E-state index contributed by atoms with van der Waals surface area (Å²) in [5.41, 5.74) is 3.13. The van der Waals surface area contributed by atoms with Crippen molar-refractivity contribution < 1.29 is 18.0 Å². The maximum absolute atomic E-state index is 14.2. The van der Waals surface area contributed by atoms with E-state index in [4.69, 9.17) is 11.6 Å². The average Bonchev–Trinajstić information content (AvgIpc) is 2.96. The van der Waals surface area contributed by atoms with Crippen molar-refractivity contribution in [3.8, 4) is 0 Å². The van der Waals surface area contributed by atoms with Crippen LogP contribution >= 0.6 is 11.6 Å². The van der Waals surface area contributed by atoms with Gasteiger partial charge in [-0.2, -0.15) is 0 Å². The van der Waals surface area contributed by atoms with Gasteiger partial charge in [-0.15, -0.1) is 0 Å². The Morgan fingerprint density at radius 1 is 0.929 bits per heavy atom. The fourth-order valence-electron chi connectivity index (χ4n) is 5.52. The summed E-state index contributed by atoms with van der Waals surface area (Å²) in [5.74, 6) is -0.658. The van der Waals surface area contributed by atoms with E-state index in [0.717, 1.165) is 46.7 Å². The number of aryl methyl sites for hydroxylation is 2. The summed E-state index contributed by atoms with van der Waals surface area (Å²) >= 11 is 6.04. The van der Waals surface area contributed by atoms with Crippen LogP contribution in [0.3, 0.4) is 0 Å². The minimum Gasteiger partial charge on any atom is -0.352 e. The molecule has 2 amide bonds. The van der Waals surface area contributed by atoms with Crippen LogP contribution in [0, 0.1) is 13.8 Å². The Hall–Kier alpha value is -3.36. The normalized spacial score (nSPS) is 14.7. The number of hydrogen-bond acceptors (Lipinski definition) is 4. The standard InChI is InChI=1S/C33H40ClN3O4S/c1-4-31(33(39)35-28-13-6-5-7-14-28)36(22-26-12-8-10-24(2)20-26)32(38)23-37(29-15-9-11-25(3)21-29)42(40,41)30-18-16-27(34)17-19-30/h8-12,15-21,28,31H,4-7,13-14,22-23H2,1-3H3,(H,35,39). The second-order valence-corrected chi connectivity index (χ2v) is 13.4. The van der Waals surface area contributed by atoms with E-state index in [9.17, 15) is 18.0 Å². The molecule has 0 aliphatic heterocycles. The fraction of sp³-hybridized carbons (Fsp3) is 0.394. The molecule has 0 bridgehead atoms. The maximum atomic E-state index is 14.2. The van der Waals surface area contributed by atoms with Gasteiger partial charge in [0, 0.05) is 17.6 Å². The number of amides is 2. The van der Waals surface area contributed by atoms with Crippen molar-refractivity contribution in [3.05, 3.63) is 94.5 Å². The molecular weight excluding hydrogens is 570 g/mol. The van der Waals surface area contributed by atoms with Crippen molar-refractivity contribution in [1.82, 2.24) is 10.2 Å². The van der Waals surface area contributed by atoms with Gasteiger partial charge < -0.3 is 10.2 Å². The average molecular weight is 610 g/mol. The van der Waals surface area contributed by atoms with Crippen LogP contribution in [0.1, 0.15) is 62.1 Å². The van der Waals surface area contributed by atoms with E-state index in [-0.39, 0.29) is 23.4 Å². The molecule has 1 fully saturated rings. The van der Waals surface area contributed by atoms with Gasteiger partial charge in [-0.25, -0.2) is 8.42 Å². The zero-order chi connectivity index (χ0) is 30.3. The van der Waals surface area contributed by atoms with Crippen LogP contribution in [0.15, 0.2) is 77.7 Å². The third-order valence-electron chi connectivity index (χ3n) is 7.74. The van der Waals surface area contributed by atoms with E-state index in [1.807, 2.05) is 51.1 Å². The van der Waals surface area contributed by atoms with Crippen LogP contribution in [0.2, 0.25) is 5.02 Å². The smallest absolute Gasteiger partial charge is 0.264 e. The first kappa shape index (κ1) is 31.6. The number of sulfonamides is 1. The molecule has 3 aromatic rings. The van der Waals surface area contributed by atoms with Crippen LogP contribution in [0.5, 0.6) is 0 Å². The zero-order valence-corrected chi connectivity index (χ0v) is 26.1. The van der Waals surface area contributed by atoms with Crippen molar-refractivity contribution in [1.29, 1.82) is 0 Å². The highest BCUT2D eigenvalue weighted by Crippen LogP contribution is 2.27. The van der Waals surface area contributed by atoms with E-state index < -0.39 is 28.5 Å². The molecule has 9 heteroatoms. The van der Waals surface area contributed by atoms with Gasteiger partial charge in [-0.1, -0.05) is 79.7 Å². The lowest BCUT2D eigenvalue weighted by atomic mass is 9.95. The number of anilines is 1. The Kier molecular flexibility index (Phi) is 10.7. The molecule has 1 aliphatic carbocycles. The third kappa shape index (κ3) is 7.92. The van der Waals surface area contributed by atoms with Gasteiger partial charge in [-0.05, 0) is 80.6 Å². The number of rotatable bonds is 11. The summed E-state index contributed by atoms with van der Waals surface area (Å²) in [6, 6.07) is 20.0. The molecule has 0 spiro atoms. The zero-order valence-electron chi connectivity index (χ0n) is 24.6. The second kappa shape index (κ2) is 14.2. The Morgan fingerprint density at radius 3 is 2.19 bits per heavy atom. The van der Waals surface area contributed by atoms with Crippen molar-refractivity contribution in [2.24, 2.45) is 0 Å². The highest BCUT2D eigenvalue weighted by atomic mass is 35.5. The Bertz CT molecular complexity index is 1490. The SMILES string of the molecule is CCC(C(=O)NC1CCCCC1)N(Cc1cccc(C)c1)C(=O)CN(c1cccc(C)c1)S(=O)(=O)c1ccc(Cl)cc1. The Balaban J connectivity index is 1.71. The summed E-state index contributed by atoms with van der Waals surface area (Å²) in [5, 5.41) is 3.59. The molecule has 0 saturated heterocycles. The van der Waals surface area contributed by atoms with Crippen molar-refractivity contribution in [2.45, 2.75) is 82.8 Å². The molecule has 0 radical (unpaired) electrons. The summed E-state index contributed by atoms with van der Waals surface area (Å²) < 4.78 is 29.1. The van der Waals surface area contributed by atoms with E-state index >= 15 is 0 Å². The predicted octanol–water partition coefficient (Wildman–Crippen LogP) is 6.41. The number of carbonyl (C=O) groups is 2. The monoisotopic (exact) mass is 609 g/mol. The molecule has 0 aromatic heterocycles. The van der Waals surface area contributed by atoms with Crippen LogP contribution in [0.4, 0.5) is 5.69 Å². The molecule has 1 aliphatic rings. The number of carbonyl (C=O) groups excluding carboxylic acids is 2. The molecule has 3 aromatic carbocycles. The van der Waals surface area contributed by atoms with Crippen molar-refractivity contribution >= 4 is 39.1 Å². The first-order chi connectivity index (χ1) is 20.1. The van der Waals surface area contributed by atoms with Crippen LogP contribution in [0.25, 0.3) is 0 Å². The Morgan fingerprint density at radius 2 is 1.57 bits per heavy atom. The maximum Gasteiger partial charge on any atom is 0.264 e. The molecular formula is C33H40ClN3O4S. The molecule has 224 valence electrons. The van der Waals surface area contributed by atoms with Crippen molar-refractivity contribution in [3.63, 3.8) is 0 Å². The quantitative estimate of drug-likeness (QED) is 0.272. The van der Waals surface area contributed by atoms with Gasteiger partial charge in [0.15, 0.2) is 0 Å². The highest BCUT2D eigenvalue weighted by Gasteiger charge is 2.34. The van der Waals surface area contributed by atoms with E-state index in [1.54, 1.807) is 18.2 Å². The summed E-state index contributed by atoms with van der Waals surface area (Å²) in [6.07, 6.45) is 5.55. The van der Waals surface area contributed by atoms with Crippen LogP contribution in [-0.4, -0.2) is 43.8 Å². The highest BCUT2D eigenvalue weighted by molar-refractivity contribution is 7.92. The minimum atomic E-state index is -4.14. The number of halogens is 1. The lowest BCUT2D eigenvalue weighted by Gasteiger charge is -2.34. The van der Waals surface area contributed by atoms with Crippen LogP contribution in [-0.2, 0) is 26.2 Å². The fourth-order valence-corrected chi connectivity index (χ4v) is 7.05. The summed E-state index contributed by atoms with van der Waals surface area (Å²) in [6.45, 7) is 5.43. The second-order valence-electron chi connectivity index (χ2n) is 11.1. The Labute approximate surface area is 254 Å². The lowest BCUT2D eigenvalue weighted by Crippen LogP contribution is -2.54. The van der Waals surface area contributed by atoms with Gasteiger partial charge in [-0.3, -0.25) is 13.9 Å². The van der Waals surface area contributed by atoms with Gasteiger partial charge in [0.05, 0.1) is 10.6 Å². The first-order valence-electron chi connectivity index (χ1n) is 14.6. The number of nitrogens with zero attached hydrogens (tertiary/aromatic N) is 2. The van der Waals surface area contributed by atoms with Gasteiger partial charge in [0.25, 0.3) is 10.0 Å². The van der Waals surface area contributed by atoms with E-state index in [1.165, 1.54) is 35.6 Å². The molecule has 1 saturated carbocycles. The molecule has 7 nitrogen and oxygen atoms in total. The number of nitrogens with one attached hydrogen (secondary N) is 1. The summed E-state index contributed by atoms with van der Waals surface area (Å²) in [7, 11) is -4.14. The van der Waals surface area contributed by atoms with Gasteiger partial charge >= 0.3 is 0 Å². The van der Waals surface area contributed by atoms with Gasteiger partial charge in [0.1, 0.15) is 12.6 Å². The largest absolute Gasteiger partial charge is 0.352 e. The lowest BCUT2D eigenvalue weighted by molar-refractivity contribution is -0.140. The topological polar surface area (TPSA) is 86.8 Å². The molecule has 42 heavy (non-hydrogen) atoms. The van der Waals surface area contributed by atoms with Crippen LogP contribution < -0.4 is 9.62 Å². The first-order valence-corrected chi connectivity index (χ1v) is 16.4. The van der Waals surface area contributed by atoms with Crippen molar-refractivity contribution in [2.75, 3.05) is 10.8 Å². The number of hydrogen-bond donors (Lipinski definition) is 1. The molecule has 1 N–H and O–H groups in total. The van der Waals surface area contributed by atoms with E-state index in [2.05, 4.69) is 5.32 Å². The predicted molar refractivity (Wildman–Crippen MR) is 168 cm³/mol. The minimum absolute atomic E-state index is 0.0218. The summed E-state index contributed by atoms with van der Waals surface area (Å²) in [4.78, 5) is 29.5. The number of benzene rings is 3. The van der Waals surface area contributed by atoms with Gasteiger partial charge in [0.2, 0.25) is 11.8 Å². The third-order valence-corrected chi connectivity index (χ3v) is 9.78. The molecule has 4 rings (SSSR count).